The van der Waals surface area contributed by atoms with E-state index in [1.807, 2.05) is 76.2 Å². The number of nitrogens with two attached hydrogens (primary N) is 2. The van der Waals surface area contributed by atoms with Gasteiger partial charge in [-0.2, -0.15) is 4.57 Å². The summed E-state index contributed by atoms with van der Waals surface area (Å²) in [5, 5.41) is 10.8. The molecular weight excluding hydrogens is 629 g/mol. The summed E-state index contributed by atoms with van der Waals surface area (Å²) in [5.41, 5.74) is 0.643. The van der Waals surface area contributed by atoms with Gasteiger partial charge in [0.25, 0.3) is 0 Å². The van der Waals surface area contributed by atoms with Gasteiger partial charge in [0.15, 0.2) is 0 Å². The molecule has 1 unspecified atom stereocenters. The molecule has 1 atom stereocenters. The molecule has 0 spiro atoms. The van der Waals surface area contributed by atoms with E-state index in [0.29, 0.717) is 44.5 Å². The number of rotatable bonds is 12. The van der Waals surface area contributed by atoms with Gasteiger partial charge >= 0.3 is 0 Å². The zero-order chi connectivity index (χ0) is 33.1. The third-order valence-corrected chi connectivity index (χ3v) is 9.72. The maximum absolute atomic E-state index is 13.7. The Morgan fingerprint density at radius 2 is 1.39 bits per heavy atom. The highest BCUT2D eigenvalue weighted by molar-refractivity contribution is 7.89. The van der Waals surface area contributed by atoms with Gasteiger partial charge in [0.1, 0.15) is 6.54 Å². The van der Waals surface area contributed by atoms with Crippen LogP contribution in [0, 0.1) is 0 Å². The van der Waals surface area contributed by atoms with E-state index >= 15 is 0 Å². The first-order chi connectivity index (χ1) is 21.8. The van der Waals surface area contributed by atoms with Gasteiger partial charge in [-0.1, -0.05) is 42.5 Å². The Balaban J connectivity index is 1.55. The Morgan fingerprint density at radius 3 is 2.13 bits per heavy atom. The number of aryl methyl sites for hydroxylation is 1. The van der Waals surface area contributed by atoms with Crippen LogP contribution in [0.2, 0.25) is 0 Å². The second-order valence-corrected chi connectivity index (χ2v) is 14.8. The molecule has 0 aliphatic carbocycles. The van der Waals surface area contributed by atoms with E-state index in [4.69, 9.17) is 10.3 Å². The number of para-hydroxylation sites is 2. The van der Waals surface area contributed by atoms with Gasteiger partial charge in [-0.25, -0.2) is 27.1 Å². The molecule has 0 radical (unpaired) electrons. The Bertz CT molecular complexity index is 2310. The predicted octanol–water partition coefficient (Wildman–Crippen LogP) is -0.268. The summed E-state index contributed by atoms with van der Waals surface area (Å²) < 4.78 is 47.6. The molecule has 240 valence electrons. The van der Waals surface area contributed by atoms with Crippen LogP contribution in [-0.4, -0.2) is 40.9 Å². The molecule has 1 aliphatic rings. The lowest BCUT2D eigenvalue weighted by atomic mass is 10.0. The highest BCUT2D eigenvalue weighted by atomic mass is 32.2. The van der Waals surface area contributed by atoms with Crippen LogP contribution in [0.3, 0.4) is 0 Å². The largest absolute Gasteiger partial charge is 0.361 e. The van der Waals surface area contributed by atoms with Crippen molar-refractivity contribution in [2.24, 2.45) is 10.3 Å². The Kier molecular flexibility index (Phi) is 9.77. The molecular formula is C33H35N4O7S2+. The van der Waals surface area contributed by atoms with E-state index < -0.39 is 42.4 Å². The van der Waals surface area contributed by atoms with E-state index in [1.165, 1.54) is 12.2 Å². The monoisotopic (exact) mass is 663 g/mol. The van der Waals surface area contributed by atoms with Crippen LogP contribution >= 0.6 is 0 Å². The third-order valence-electron chi connectivity index (χ3n) is 8.00. The molecule has 3 aromatic carbocycles. The van der Waals surface area contributed by atoms with Crippen LogP contribution in [0.1, 0.15) is 36.9 Å². The quantitative estimate of drug-likeness (QED) is 0.118. The van der Waals surface area contributed by atoms with Crippen molar-refractivity contribution in [3.63, 3.8) is 0 Å². The molecule has 5 rings (SSSR count). The molecule has 46 heavy (non-hydrogen) atoms. The normalized spacial score (nSPS) is 16.0. The summed E-state index contributed by atoms with van der Waals surface area (Å²) in [6.45, 7) is 0.814. The van der Waals surface area contributed by atoms with E-state index in [9.17, 15) is 31.2 Å². The number of fused-ring (bicyclic) bond motifs is 2. The number of anilines is 1. The lowest BCUT2D eigenvalue weighted by Crippen LogP contribution is -2.43. The summed E-state index contributed by atoms with van der Waals surface area (Å²) in [6, 6.07) is 18.2. The van der Waals surface area contributed by atoms with Crippen LogP contribution in [0.25, 0.3) is 29.1 Å². The zero-order valence-electron chi connectivity index (χ0n) is 25.0. The Hall–Kier alpha value is -4.30. The second-order valence-electron chi connectivity index (χ2n) is 11.3. The van der Waals surface area contributed by atoms with Crippen molar-refractivity contribution in [1.29, 1.82) is 0 Å². The van der Waals surface area contributed by atoms with Crippen molar-refractivity contribution < 1.29 is 21.4 Å². The molecule has 4 N–H and O–H groups in total. The van der Waals surface area contributed by atoms with Crippen LogP contribution in [0.4, 0.5) is 5.69 Å². The van der Waals surface area contributed by atoms with Gasteiger partial charge in [0, 0.05) is 42.2 Å². The summed E-state index contributed by atoms with van der Waals surface area (Å²) in [7, 11) is -7.22. The Morgan fingerprint density at radius 1 is 0.739 bits per heavy atom. The zero-order valence-corrected chi connectivity index (χ0v) is 26.7. The van der Waals surface area contributed by atoms with Gasteiger partial charge in [-0.15, -0.1) is 0 Å². The molecule has 4 aromatic rings. The highest BCUT2D eigenvalue weighted by Crippen LogP contribution is 2.29. The second kappa shape index (κ2) is 13.6. The lowest BCUT2D eigenvalue weighted by molar-refractivity contribution is -0.673. The van der Waals surface area contributed by atoms with Crippen molar-refractivity contribution in [2.75, 3.05) is 23.0 Å². The standard InChI is InChI=1S/C33H35N4O7S2/c34-45(41,42)19-7-5-17-36-25(15-13-23-9-1-3-11-29(23)36)21-27-31(38)28(33(40)32(27)39)22-26-16-14-24-10-2-4-12-30(24)37(26)18-6-8-20-46(35,43)44/h1-4,9-16,21-22,25H,5-8,17-20H2,(H2,34,41,42)(H2,35,43,44)/q+1. The third kappa shape index (κ3) is 7.73. The average molecular weight is 664 g/mol. The number of hydrogen-bond acceptors (Lipinski definition) is 8. The number of nitrogens with zero attached hydrogens (tertiary/aromatic N) is 2. The number of aromatic nitrogens is 1. The fraction of sp³-hybridized carbons (Fsp3) is 0.273. The first kappa shape index (κ1) is 33.1. The number of benzene rings is 2. The molecule has 1 aliphatic heterocycles. The molecule has 0 amide bonds. The fourth-order valence-electron chi connectivity index (χ4n) is 5.78. The van der Waals surface area contributed by atoms with Crippen molar-refractivity contribution >= 4 is 54.9 Å². The van der Waals surface area contributed by atoms with Crippen molar-refractivity contribution in [2.45, 2.75) is 38.3 Å². The molecule has 2 heterocycles. The molecule has 0 saturated carbocycles. The number of pyridine rings is 1. The Labute approximate surface area is 266 Å². The summed E-state index contributed by atoms with van der Waals surface area (Å²) >= 11 is 0. The van der Waals surface area contributed by atoms with Crippen molar-refractivity contribution in [3.05, 3.63) is 119 Å². The summed E-state index contributed by atoms with van der Waals surface area (Å²) in [4.78, 5) is 42.1. The summed E-state index contributed by atoms with van der Waals surface area (Å²) in [5.74, 6) is -0.331. The van der Waals surface area contributed by atoms with Gasteiger partial charge in [0.05, 0.1) is 28.0 Å². The predicted molar refractivity (Wildman–Crippen MR) is 180 cm³/mol. The molecule has 11 nitrogen and oxygen atoms in total. The van der Waals surface area contributed by atoms with Crippen LogP contribution < -0.4 is 46.5 Å². The van der Waals surface area contributed by atoms with E-state index in [1.54, 1.807) is 6.07 Å². The summed E-state index contributed by atoms with van der Waals surface area (Å²) in [6.07, 6.45) is 8.26. The van der Waals surface area contributed by atoms with Gasteiger partial charge < -0.3 is 4.90 Å². The number of hydrogen-bond donors (Lipinski definition) is 2. The van der Waals surface area contributed by atoms with Gasteiger partial charge in [0.2, 0.25) is 47.5 Å². The van der Waals surface area contributed by atoms with Crippen molar-refractivity contribution in [3.8, 4) is 0 Å². The molecule has 0 bridgehead atoms. The first-order valence-electron chi connectivity index (χ1n) is 14.9. The molecule has 1 aromatic heterocycles. The maximum Gasteiger partial charge on any atom is 0.237 e. The minimum atomic E-state index is -3.61. The highest BCUT2D eigenvalue weighted by Gasteiger charge is 2.23. The minimum Gasteiger partial charge on any atom is -0.361 e. The number of unbranched alkanes of at least 4 members (excludes halogenated alkanes) is 2. The molecule has 13 heteroatoms. The van der Waals surface area contributed by atoms with Crippen LogP contribution in [0.5, 0.6) is 0 Å². The molecule has 0 saturated heterocycles. The van der Waals surface area contributed by atoms with Crippen molar-refractivity contribution in [1.82, 2.24) is 0 Å². The minimum absolute atomic E-state index is 0.162. The van der Waals surface area contributed by atoms with Crippen LogP contribution in [-0.2, 0) is 26.6 Å². The van der Waals surface area contributed by atoms with E-state index in [2.05, 4.69) is 0 Å². The fourth-order valence-corrected chi connectivity index (χ4v) is 6.99. The van der Waals surface area contributed by atoms with Gasteiger partial charge in [-0.3, -0.25) is 14.4 Å². The van der Waals surface area contributed by atoms with E-state index in [-0.39, 0.29) is 21.9 Å². The van der Waals surface area contributed by atoms with Crippen LogP contribution in [0.15, 0.2) is 81.1 Å². The number of sulfonamides is 2. The van der Waals surface area contributed by atoms with Gasteiger partial charge in [-0.05, 0) is 49.1 Å². The molecule has 0 fully saturated rings. The lowest BCUT2D eigenvalue weighted by Gasteiger charge is -2.34. The average Bonchev–Trinajstić information content (AvgIpc) is 3.20. The smallest absolute Gasteiger partial charge is 0.237 e. The SMILES string of the molecule is NS(=O)(=O)CCCCN1c2ccccc2C=CC1C=c1c(=O)c(=O)c(=Cc2ccc3ccccc3[n+]2CCCCS(N)(=O)=O)c1=O. The van der Waals surface area contributed by atoms with E-state index in [0.717, 1.165) is 22.2 Å². The number of primary sulfonamides is 2. The maximum atomic E-state index is 13.7. The first-order valence-corrected chi connectivity index (χ1v) is 18.3. The topological polar surface area (TPSA) is 179 Å².